The van der Waals surface area contributed by atoms with Crippen LogP contribution in [0.1, 0.15) is 48.5 Å². The van der Waals surface area contributed by atoms with Crippen LogP contribution in [0.25, 0.3) is 0 Å². The Bertz CT molecular complexity index is 1000. The van der Waals surface area contributed by atoms with Crippen molar-refractivity contribution in [1.29, 1.82) is 0 Å². The molecule has 27 heavy (non-hydrogen) atoms. The van der Waals surface area contributed by atoms with E-state index in [0.29, 0.717) is 17.5 Å². The van der Waals surface area contributed by atoms with E-state index in [2.05, 4.69) is 12.1 Å². The third-order valence-electron chi connectivity index (χ3n) is 5.61. The summed E-state index contributed by atoms with van der Waals surface area (Å²) in [5.74, 6) is -0.163. The van der Waals surface area contributed by atoms with Gasteiger partial charge in [-0.2, -0.15) is 0 Å². The van der Waals surface area contributed by atoms with Crippen molar-refractivity contribution in [2.45, 2.75) is 32.6 Å². The first-order valence-corrected chi connectivity index (χ1v) is 9.26. The highest BCUT2D eigenvalue weighted by Gasteiger charge is 2.55. The molecule has 0 spiro atoms. The third kappa shape index (κ3) is 2.56. The number of Topliss-reactive ketones (excluding diaryl/α,β-unsaturated/α-hetero) is 2. The summed E-state index contributed by atoms with van der Waals surface area (Å²) < 4.78 is 0. The summed E-state index contributed by atoms with van der Waals surface area (Å²) in [5.41, 5.74) is 4.88. The van der Waals surface area contributed by atoms with E-state index < -0.39 is 5.41 Å². The second kappa shape index (κ2) is 6.31. The molecular formula is C25H22O2. The number of carbonyl (C=O) groups is 2. The Kier molecular flexibility index (Phi) is 4.07. The van der Waals surface area contributed by atoms with E-state index in [1.807, 2.05) is 63.2 Å². The van der Waals surface area contributed by atoms with Gasteiger partial charge in [-0.1, -0.05) is 72.3 Å². The molecule has 0 fully saturated rings. The Balaban J connectivity index is 2.02. The number of benzene rings is 3. The molecule has 0 radical (unpaired) electrons. The number of rotatable bonds is 3. The Labute approximate surface area is 159 Å². The molecule has 0 amide bonds. The second-order valence-electron chi connectivity index (χ2n) is 7.55. The van der Waals surface area contributed by atoms with Crippen LogP contribution in [0.2, 0.25) is 0 Å². The number of fused-ring (bicyclic) bond motifs is 1. The fourth-order valence-corrected chi connectivity index (χ4v) is 4.67. The number of ketones is 2. The summed E-state index contributed by atoms with van der Waals surface area (Å²) >= 11 is 0. The summed E-state index contributed by atoms with van der Waals surface area (Å²) in [6.45, 7) is 6.05. The Hall–Kier alpha value is -3.00. The molecule has 3 aromatic rings. The first kappa shape index (κ1) is 17.4. The van der Waals surface area contributed by atoms with Crippen molar-refractivity contribution in [3.63, 3.8) is 0 Å². The van der Waals surface area contributed by atoms with Crippen LogP contribution in [0, 0.1) is 20.8 Å². The van der Waals surface area contributed by atoms with Gasteiger partial charge in [-0.3, -0.25) is 9.59 Å². The quantitative estimate of drug-likeness (QED) is 0.608. The van der Waals surface area contributed by atoms with E-state index in [4.69, 9.17) is 0 Å². The summed E-state index contributed by atoms with van der Waals surface area (Å²) in [6.07, 6.45) is 0.380. The van der Waals surface area contributed by atoms with Gasteiger partial charge in [0.2, 0.25) is 0 Å². The van der Waals surface area contributed by atoms with Crippen molar-refractivity contribution in [1.82, 2.24) is 0 Å². The number of carbonyl (C=O) groups excluding carboxylic acids is 2. The van der Waals surface area contributed by atoms with Crippen LogP contribution in [0.4, 0.5) is 0 Å². The van der Waals surface area contributed by atoms with Crippen molar-refractivity contribution in [3.05, 3.63) is 106 Å². The van der Waals surface area contributed by atoms with Gasteiger partial charge < -0.3 is 0 Å². The predicted octanol–water partition coefficient (Wildman–Crippen LogP) is 5.17. The van der Waals surface area contributed by atoms with Crippen LogP contribution in [0.3, 0.4) is 0 Å². The van der Waals surface area contributed by atoms with E-state index in [-0.39, 0.29) is 11.6 Å². The van der Waals surface area contributed by atoms with Gasteiger partial charge in [0.1, 0.15) is 5.41 Å². The highest BCUT2D eigenvalue weighted by Crippen LogP contribution is 2.44. The first-order valence-electron chi connectivity index (χ1n) is 9.26. The topological polar surface area (TPSA) is 34.1 Å². The van der Waals surface area contributed by atoms with E-state index >= 15 is 0 Å². The Morgan fingerprint density at radius 2 is 1.19 bits per heavy atom. The maximum Gasteiger partial charge on any atom is 0.182 e. The first-order chi connectivity index (χ1) is 12.9. The predicted molar refractivity (Wildman–Crippen MR) is 108 cm³/mol. The molecular weight excluding hydrogens is 332 g/mol. The maximum absolute atomic E-state index is 13.7. The van der Waals surface area contributed by atoms with Crippen molar-refractivity contribution >= 4 is 11.6 Å². The van der Waals surface area contributed by atoms with Gasteiger partial charge in [0.15, 0.2) is 11.6 Å². The smallest absolute Gasteiger partial charge is 0.182 e. The number of aryl methyl sites for hydroxylation is 3. The van der Waals surface area contributed by atoms with Gasteiger partial charge in [-0.25, -0.2) is 0 Å². The monoisotopic (exact) mass is 354 g/mol. The molecule has 0 saturated carbocycles. The van der Waals surface area contributed by atoms with Gasteiger partial charge in [-0.15, -0.1) is 0 Å². The molecule has 2 heteroatoms. The van der Waals surface area contributed by atoms with E-state index in [0.717, 1.165) is 27.8 Å². The normalized spacial score (nSPS) is 15.1. The maximum atomic E-state index is 13.7. The van der Waals surface area contributed by atoms with Crippen molar-refractivity contribution in [3.8, 4) is 0 Å². The lowest BCUT2D eigenvalue weighted by Crippen LogP contribution is -2.42. The van der Waals surface area contributed by atoms with Gasteiger partial charge in [0, 0.05) is 11.1 Å². The van der Waals surface area contributed by atoms with E-state index in [1.54, 1.807) is 12.1 Å². The van der Waals surface area contributed by atoms with Crippen molar-refractivity contribution in [2.24, 2.45) is 0 Å². The van der Waals surface area contributed by atoms with Gasteiger partial charge in [-0.05, 0) is 49.4 Å². The lowest BCUT2D eigenvalue weighted by Gasteiger charge is -2.30. The summed E-state index contributed by atoms with van der Waals surface area (Å²) in [4.78, 5) is 27.4. The molecule has 1 aliphatic carbocycles. The molecule has 0 unspecified atom stereocenters. The van der Waals surface area contributed by atoms with Crippen LogP contribution < -0.4 is 0 Å². The lowest BCUT2D eigenvalue weighted by molar-refractivity contribution is 0.0791. The van der Waals surface area contributed by atoms with E-state index in [9.17, 15) is 9.59 Å². The molecule has 134 valence electrons. The zero-order chi connectivity index (χ0) is 19.2. The third-order valence-corrected chi connectivity index (χ3v) is 5.61. The van der Waals surface area contributed by atoms with Crippen LogP contribution in [-0.4, -0.2) is 11.6 Å². The van der Waals surface area contributed by atoms with E-state index in [1.165, 1.54) is 0 Å². The van der Waals surface area contributed by atoms with Crippen LogP contribution in [0.15, 0.2) is 66.7 Å². The average Bonchev–Trinajstić information content (AvgIpc) is 2.85. The summed E-state index contributed by atoms with van der Waals surface area (Å²) in [6, 6.07) is 21.2. The molecule has 0 atom stereocenters. The van der Waals surface area contributed by atoms with Crippen molar-refractivity contribution < 1.29 is 9.59 Å². The minimum Gasteiger partial charge on any atom is -0.293 e. The minimum absolute atomic E-state index is 0.0815. The fourth-order valence-electron chi connectivity index (χ4n) is 4.67. The van der Waals surface area contributed by atoms with Gasteiger partial charge >= 0.3 is 0 Å². The zero-order valence-electron chi connectivity index (χ0n) is 15.9. The average molecular weight is 354 g/mol. The summed E-state index contributed by atoms with van der Waals surface area (Å²) in [5, 5.41) is 0. The van der Waals surface area contributed by atoms with Gasteiger partial charge in [0.25, 0.3) is 0 Å². The zero-order valence-corrected chi connectivity index (χ0v) is 15.9. The summed E-state index contributed by atoms with van der Waals surface area (Å²) in [7, 11) is 0. The molecule has 0 aromatic heterocycles. The van der Waals surface area contributed by atoms with Crippen LogP contribution in [-0.2, 0) is 11.8 Å². The SMILES string of the molecule is Cc1cc(C)c(C2(Cc3ccccc3)C(=O)c3ccccc3C2=O)c(C)c1. The molecule has 0 N–H and O–H groups in total. The molecule has 0 saturated heterocycles. The minimum atomic E-state index is -1.19. The Morgan fingerprint density at radius 1 is 0.704 bits per heavy atom. The Morgan fingerprint density at radius 3 is 1.70 bits per heavy atom. The molecule has 0 bridgehead atoms. The fraction of sp³-hybridized carbons (Fsp3) is 0.200. The second-order valence-corrected chi connectivity index (χ2v) is 7.55. The highest BCUT2D eigenvalue weighted by molar-refractivity contribution is 6.33. The highest BCUT2D eigenvalue weighted by atomic mass is 16.2. The molecule has 0 aliphatic heterocycles. The number of hydrogen-bond donors (Lipinski definition) is 0. The van der Waals surface area contributed by atoms with Gasteiger partial charge in [0.05, 0.1) is 0 Å². The number of hydrogen-bond acceptors (Lipinski definition) is 2. The lowest BCUT2D eigenvalue weighted by atomic mass is 9.68. The standard InChI is InChI=1S/C25H22O2/c1-16-13-17(2)22(18(3)14-16)25(15-19-9-5-4-6-10-19)23(26)20-11-7-8-12-21(20)24(25)27/h4-14H,15H2,1-3H3. The largest absolute Gasteiger partial charge is 0.293 e. The molecule has 3 aromatic carbocycles. The molecule has 4 rings (SSSR count). The van der Waals surface area contributed by atoms with Crippen LogP contribution in [0.5, 0.6) is 0 Å². The molecule has 0 heterocycles. The molecule has 1 aliphatic rings. The van der Waals surface area contributed by atoms with Crippen LogP contribution >= 0.6 is 0 Å². The van der Waals surface area contributed by atoms with Crippen molar-refractivity contribution in [2.75, 3.05) is 0 Å². The molecule has 2 nitrogen and oxygen atoms in total.